The lowest BCUT2D eigenvalue weighted by Crippen LogP contribution is -2.39. The zero-order valence-corrected chi connectivity index (χ0v) is 12.3. The number of H-pyrrole nitrogens is 1. The van der Waals surface area contributed by atoms with Crippen molar-refractivity contribution in [2.45, 2.75) is 38.0 Å². The number of aromatic nitrogens is 3. The Balaban J connectivity index is 1.42. The van der Waals surface area contributed by atoms with Crippen molar-refractivity contribution in [1.82, 2.24) is 20.5 Å². The van der Waals surface area contributed by atoms with Crippen molar-refractivity contribution in [2.75, 3.05) is 31.6 Å². The van der Waals surface area contributed by atoms with Gasteiger partial charge in [0.2, 0.25) is 5.95 Å². The molecule has 3 atom stereocenters. The molecule has 0 amide bonds. The molecule has 2 saturated carbocycles. The summed E-state index contributed by atoms with van der Waals surface area (Å²) in [4.78, 5) is 7.17. The average Bonchev–Trinajstić information content (AvgIpc) is 2.92. The highest BCUT2D eigenvalue weighted by molar-refractivity contribution is 5.30. The zero-order valence-electron chi connectivity index (χ0n) is 12.3. The molecule has 0 spiro atoms. The van der Waals surface area contributed by atoms with E-state index in [0.717, 1.165) is 49.2 Å². The maximum atomic E-state index is 4.80. The molecular formula is C15H25N5. The van der Waals surface area contributed by atoms with E-state index in [1.54, 1.807) is 0 Å². The Hall–Kier alpha value is -1.10. The summed E-state index contributed by atoms with van der Waals surface area (Å²) in [5.41, 5.74) is 0. The molecule has 3 fully saturated rings. The number of hydrogen-bond donors (Lipinski definition) is 2. The zero-order chi connectivity index (χ0) is 13.5. The Bertz CT molecular complexity index is 459. The van der Waals surface area contributed by atoms with Crippen molar-refractivity contribution in [3.8, 4) is 0 Å². The van der Waals surface area contributed by atoms with Crippen molar-refractivity contribution in [3.63, 3.8) is 0 Å². The average molecular weight is 275 g/mol. The lowest BCUT2D eigenvalue weighted by atomic mass is 9.98. The minimum absolute atomic E-state index is 0.651. The molecule has 5 nitrogen and oxygen atoms in total. The van der Waals surface area contributed by atoms with Crippen LogP contribution in [0.4, 0.5) is 5.95 Å². The molecule has 2 heterocycles. The summed E-state index contributed by atoms with van der Waals surface area (Å²) in [5, 5.41) is 11.0. The van der Waals surface area contributed by atoms with E-state index in [4.69, 9.17) is 4.98 Å². The van der Waals surface area contributed by atoms with Crippen LogP contribution >= 0.6 is 0 Å². The van der Waals surface area contributed by atoms with Gasteiger partial charge in [-0.15, -0.1) is 5.10 Å². The fourth-order valence-electron chi connectivity index (χ4n) is 4.23. The topological polar surface area (TPSA) is 56.8 Å². The first-order valence-corrected chi connectivity index (χ1v) is 8.15. The molecule has 0 bridgehead atoms. The molecule has 110 valence electrons. The quantitative estimate of drug-likeness (QED) is 0.879. The lowest BCUT2D eigenvalue weighted by Gasteiger charge is -2.31. The smallest absolute Gasteiger partial charge is 0.244 e. The highest BCUT2D eigenvalue weighted by atomic mass is 15.4. The summed E-state index contributed by atoms with van der Waals surface area (Å²) < 4.78 is 0. The highest BCUT2D eigenvalue weighted by Crippen LogP contribution is 2.57. The molecule has 3 unspecified atom stereocenters. The number of fused-ring (bicyclic) bond motifs is 1. The van der Waals surface area contributed by atoms with Crippen molar-refractivity contribution in [2.24, 2.45) is 17.8 Å². The normalized spacial score (nSPS) is 36.1. The van der Waals surface area contributed by atoms with E-state index in [1.165, 1.54) is 32.1 Å². The molecule has 1 aliphatic heterocycles. The van der Waals surface area contributed by atoms with Crippen LogP contribution in [0.15, 0.2) is 0 Å². The van der Waals surface area contributed by atoms with E-state index in [0.29, 0.717) is 5.92 Å². The molecule has 2 N–H and O–H groups in total. The summed E-state index contributed by atoms with van der Waals surface area (Å²) in [6.45, 7) is 3.29. The first-order valence-electron chi connectivity index (χ1n) is 8.15. The standard InChI is InChI=1S/C15H25N5/c1-16-8-10-3-2-4-20(9-10)15-17-14(18-19-15)13-6-11-5-12(11)7-13/h10-13,16H,2-9H2,1H3,(H,17,18,19). The molecule has 0 radical (unpaired) electrons. The molecule has 3 aliphatic rings. The Morgan fingerprint density at radius 1 is 1.30 bits per heavy atom. The van der Waals surface area contributed by atoms with Crippen LogP contribution in [0.3, 0.4) is 0 Å². The lowest BCUT2D eigenvalue weighted by molar-refractivity contribution is 0.399. The number of nitrogens with one attached hydrogen (secondary N) is 2. The van der Waals surface area contributed by atoms with Crippen LogP contribution in [0.1, 0.15) is 43.8 Å². The van der Waals surface area contributed by atoms with Crippen LogP contribution < -0.4 is 10.2 Å². The third kappa shape index (κ3) is 2.32. The summed E-state index contributed by atoms with van der Waals surface area (Å²) >= 11 is 0. The van der Waals surface area contributed by atoms with Crippen LogP contribution in [-0.2, 0) is 0 Å². The number of aromatic amines is 1. The molecular weight excluding hydrogens is 250 g/mol. The van der Waals surface area contributed by atoms with Gasteiger partial charge in [-0.05, 0) is 63.5 Å². The van der Waals surface area contributed by atoms with Gasteiger partial charge in [0, 0.05) is 19.0 Å². The van der Waals surface area contributed by atoms with Gasteiger partial charge in [-0.25, -0.2) is 0 Å². The Kier molecular flexibility index (Phi) is 3.17. The summed E-state index contributed by atoms with van der Waals surface area (Å²) in [5.74, 6) is 5.46. The van der Waals surface area contributed by atoms with Gasteiger partial charge in [0.15, 0.2) is 0 Å². The van der Waals surface area contributed by atoms with Crippen molar-refractivity contribution < 1.29 is 0 Å². The molecule has 1 aromatic heterocycles. The predicted octanol–water partition coefficient (Wildman–Crippen LogP) is 1.75. The molecule has 1 saturated heterocycles. The maximum Gasteiger partial charge on any atom is 0.244 e. The van der Waals surface area contributed by atoms with Gasteiger partial charge in [0.05, 0.1) is 0 Å². The number of rotatable bonds is 4. The molecule has 1 aromatic rings. The van der Waals surface area contributed by atoms with Gasteiger partial charge in [-0.1, -0.05) is 0 Å². The van der Waals surface area contributed by atoms with Crippen LogP contribution in [0.25, 0.3) is 0 Å². The van der Waals surface area contributed by atoms with Crippen LogP contribution in [0.5, 0.6) is 0 Å². The monoisotopic (exact) mass is 275 g/mol. The fourth-order valence-corrected chi connectivity index (χ4v) is 4.23. The second kappa shape index (κ2) is 5.02. The number of hydrogen-bond acceptors (Lipinski definition) is 4. The highest BCUT2D eigenvalue weighted by Gasteiger charge is 2.47. The molecule has 2 aliphatic carbocycles. The van der Waals surface area contributed by atoms with Gasteiger partial charge in [-0.3, -0.25) is 5.10 Å². The minimum Gasteiger partial charge on any atom is -0.339 e. The van der Waals surface area contributed by atoms with E-state index in [9.17, 15) is 0 Å². The van der Waals surface area contributed by atoms with Gasteiger partial charge >= 0.3 is 0 Å². The van der Waals surface area contributed by atoms with E-state index < -0.39 is 0 Å². The van der Waals surface area contributed by atoms with Crippen molar-refractivity contribution in [1.29, 1.82) is 0 Å². The van der Waals surface area contributed by atoms with E-state index in [-0.39, 0.29) is 0 Å². The predicted molar refractivity (Wildman–Crippen MR) is 78.8 cm³/mol. The SMILES string of the molecule is CNCC1CCCN(c2n[nH]c(C3CC4CC4C3)n2)C1. The summed E-state index contributed by atoms with van der Waals surface area (Å²) in [6, 6.07) is 0. The Morgan fingerprint density at radius 3 is 2.95 bits per heavy atom. The van der Waals surface area contributed by atoms with E-state index >= 15 is 0 Å². The minimum atomic E-state index is 0.651. The van der Waals surface area contributed by atoms with Crippen molar-refractivity contribution in [3.05, 3.63) is 5.82 Å². The van der Waals surface area contributed by atoms with E-state index in [1.807, 2.05) is 7.05 Å². The maximum absolute atomic E-state index is 4.80. The van der Waals surface area contributed by atoms with Crippen molar-refractivity contribution >= 4 is 5.95 Å². The van der Waals surface area contributed by atoms with E-state index in [2.05, 4.69) is 20.4 Å². The molecule has 20 heavy (non-hydrogen) atoms. The van der Waals surface area contributed by atoms with Gasteiger partial charge in [0.25, 0.3) is 0 Å². The van der Waals surface area contributed by atoms with Crippen LogP contribution in [0.2, 0.25) is 0 Å². The third-order valence-electron chi connectivity index (χ3n) is 5.42. The Labute approximate surface area is 120 Å². The fraction of sp³-hybridized carbons (Fsp3) is 0.867. The first kappa shape index (κ1) is 12.6. The largest absolute Gasteiger partial charge is 0.339 e. The van der Waals surface area contributed by atoms with Crippen LogP contribution in [0, 0.1) is 17.8 Å². The molecule has 4 rings (SSSR count). The van der Waals surface area contributed by atoms with Gasteiger partial charge in [-0.2, -0.15) is 4.98 Å². The van der Waals surface area contributed by atoms with Gasteiger partial charge in [0.1, 0.15) is 5.82 Å². The second-order valence-corrected chi connectivity index (χ2v) is 6.96. The molecule has 5 heteroatoms. The van der Waals surface area contributed by atoms with Gasteiger partial charge < -0.3 is 10.2 Å². The number of anilines is 1. The Morgan fingerprint density at radius 2 is 2.15 bits per heavy atom. The first-order chi connectivity index (χ1) is 9.83. The molecule has 0 aromatic carbocycles. The number of nitrogens with zero attached hydrogens (tertiary/aromatic N) is 3. The number of piperidine rings is 1. The summed E-state index contributed by atoms with van der Waals surface area (Å²) in [7, 11) is 2.04. The second-order valence-electron chi connectivity index (χ2n) is 6.96. The van der Waals surface area contributed by atoms with Crippen LogP contribution in [-0.4, -0.2) is 41.9 Å². The third-order valence-corrected chi connectivity index (χ3v) is 5.42. The summed E-state index contributed by atoms with van der Waals surface area (Å²) in [6.07, 6.45) is 6.71.